The van der Waals surface area contributed by atoms with Crippen molar-refractivity contribution < 1.29 is 14.0 Å². The number of carbonyl (C=O) groups excluding carboxylic acids is 2. The van der Waals surface area contributed by atoms with E-state index in [1.54, 1.807) is 29.2 Å². The van der Waals surface area contributed by atoms with Gasteiger partial charge in [-0.05, 0) is 31.2 Å². The number of amides is 2. The van der Waals surface area contributed by atoms with E-state index in [4.69, 9.17) is 0 Å². The lowest BCUT2D eigenvalue weighted by molar-refractivity contribution is -0.117. The summed E-state index contributed by atoms with van der Waals surface area (Å²) in [5, 5.41) is 2.82. The molecule has 0 saturated carbocycles. The zero-order valence-corrected chi connectivity index (χ0v) is 14.0. The van der Waals surface area contributed by atoms with Crippen LogP contribution in [-0.4, -0.2) is 23.6 Å². The van der Waals surface area contributed by atoms with Gasteiger partial charge in [0.25, 0.3) is 0 Å². The van der Waals surface area contributed by atoms with Gasteiger partial charge in [-0.3, -0.25) is 9.59 Å². The SMILES string of the molecule is C[C@@H]1CC(=O)Nc2ccccc2N1C(=O)CSc1ccccc1F. The van der Waals surface area contributed by atoms with Crippen molar-refractivity contribution in [2.45, 2.75) is 24.3 Å². The third kappa shape index (κ3) is 3.43. The van der Waals surface area contributed by atoms with Crippen LogP contribution in [0.5, 0.6) is 0 Å². The standard InChI is InChI=1S/C18H17FN2O2S/c1-12-10-17(22)20-14-7-3-4-8-15(14)21(12)18(23)11-24-16-9-5-2-6-13(16)19/h2-9,12H,10-11H2,1H3,(H,20,22)/t12-/m1/s1. The number of rotatable bonds is 3. The van der Waals surface area contributed by atoms with Crippen molar-refractivity contribution in [1.82, 2.24) is 0 Å². The Labute approximate surface area is 144 Å². The van der Waals surface area contributed by atoms with E-state index in [1.165, 1.54) is 6.07 Å². The van der Waals surface area contributed by atoms with Crippen LogP contribution in [-0.2, 0) is 9.59 Å². The number of thioether (sulfide) groups is 1. The minimum atomic E-state index is -0.337. The van der Waals surface area contributed by atoms with Crippen LogP contribution in [0.15, 0.2) is 53.4 Å². The molecule has 3 rings (SSSR count). The number of benzene rings is 2. The highest BCUT2D eigenvalue weighted by atomic mass is 32.2. The van der Waals surface area contributed by atoms with Crippen LogP contribution in [0.4, 0.5) is 15.8 Å². The van der Waals surface area contributed by atoms with Gasteiger partial charge in [-0.1, -0.05) is 24.3 Å². The summed E-state index contributed by atoms with van der Waals surface area (Å²) in [6.07, 6.45) is 0.227. The number of fused-ring (bicyclic) bond motifs is 1. The van der Waals surface area contributed by atoms with Crippen molar-refractivity contribution in [1.29, 1.82) is 0 Å². The summed E-state index contributed by atoms with van der Waals surface area (Å²) in [5.74, 6) is -0.503. The second-order valence-electron chi connectivity index (χ2n) is 5.60. The van der Waals surface area contributed by atoms with Crippen molar-refractivity contribution in [2.75, 3.05) is 16.0 Å². The molecular formula is C18H17FN2O2S. The Hall–Kier alpha value is -2.34. The number of hydrogen-bond donors (Lipinski definition) is 1. The monoisotopic (exact) mass is 344 g/mol. The van der Waals surface area contributed by atoms with Gasteiger partial charge in [0.2, 0.25) is 11.8 Å². The third-order valence-corrected chi connectivity index (χ3v) is 4.85. The van der Waals surface area contributed by atoms with Crippen LogP contribution in [0.3, 0.4) is 0 Å². The highest BCUT2D eigenvalue weighted by Gasteiger charge is 2.29. The summed E-state index contributed by atoms with van der Waals surface area (Å²) < 4.78 is 13.7. The molecule has 1 aliphatic heterocycles. The highest BCUT2D eigenvalue weighted by Crippen LogP contribution is 2.32. The lowest BCUT2D eigenvalue weighted by atomic mass is 10.2. The van der Waals surface area contributed by atoms with Gasteiger partial charge < -0.3 is 10.2 Å². The normalized spacial score (nSPS) is 17.0. The zero-order chi connectivity index (χ0) is 17.1. The van der Waals surface area contributed by atoms with Crippen molar-refractivity contribution in [3.8, 4) is 0 Å². The second-order valence-corrected chi connectivity index (χ2v) is 6.62. The lowest BCUT2D eigenvalue weighted by Crippen LogP contribution is -2.40. The van der Waals surface area contributed by atoms with Gasteiger partial charge in [0, 0.05) is 17.4 Å². The molecule has 0 unspecified atom stereocenters. The highest BCUT2D eigenvalue weighted by molar-refractivity contribution is 8.00. The van der Waals surface area contributed by atoms with Gasteiger partial charge in [-0.2, -0.15) is 0 Å². The van der Waals surface area contributed by atoms with Crippen LogP contribution in [0.1, 0.15) is 13.3 Å². The molecule has 6 heteroatoms. The summed E-state index contributed by atoms with van der Waals surface area (Å²) in [4.78, 5) is 26.8. The Bertz CT molecular complexity index is 781. The molecule has 2 amide bonds. The van der Waals surface area contributed by atoms with Gasteiger partial charge in [0.05, 0.1) is 17.1 Å². The van der Waals surface area contributed by atoms with Crippen molar-refractivity contribution in [3.05, 3.63) is 54.3 Å². The van der Waals surface area contributed by atoms with Crippen LogP contribution in [0, 0.1) is 5.82 Å². The summed E-state index contributed by atoms with van der Waals surface area (Å²) in [7, 11) is 0. The number of hydrogen-bond acceptors (Lipinski definition) is 3. The molecule has 2 aromatic rings. The van der Waals surface area contributed by atoms with Crippen molar-refractivity contribution in [2.24, 2.45) is 0 Å². The molecule has 24 heavy (non-hydrogen) atoms. The largest absolute Gasteiger partial charge is 0.324 e. The number of nitrogens with zero attached hydrogens (tertiary/aromatic N) is 1. The molecule has 0 spiro atoms. The first-order valence-corrected chi connectivity index (χ1v) is 8.63. The number of carbonyl (C=O) groups is 2. The van der Waals surface area contributed by atoms with Crippen molar-refractivity contribution in [3.63, 3.8) is 0 Å². The smallest absolute Gasteiger partial charge is 0.237 e. The summed E-state index contributed by atoms with van der Waals surface area (Å²) in [5.41, 5.74) is 1.30. The van der Waals surface area contributed by atoms with Crippen molar-refractivity contribution >= 4 is 35.0 Å². The van der Waals surface area contributed by atoms with Crippen LogP contribution in [0.2, 0.25) is 0 Å². The Kier molecular flexibility index (Phi) is 4.85. The first kappa shape index (κ1) is 16.5. The van der Waals surface area contributed by atoms with E-state index in [1.807, 2.05) is 25.1 Å². The molecule has 0 saturated heterocycles. The molecule has 0 aliphatic carbocycles. The summed E-state index contributed by atoms with van der Waals surface area (Å²) >= 11 is 1.16. The summed E-state index contributed by atoms with van der Waals surface area (Å²) in [6.45, 7) is 1.84. The van der Waals surface area contributed by atoms with E-state index in [2.05, 4.69) is 5.32 Å². The molecule has 1 aliphatic rings. The molecule has 2 aromatic carbocycles. The van der Waals surface area contributed by atoms with E-state index in [-0.39, 0.29) is 35.8 Å². The van der Waals surface area contributed by atoms with Crippen LogP contribution in [0.25, 0.3) is 0 Å². The van der Waals surface area contributed by atoms with Gasteiger partial charge in [0.1, 0.15) is 5.82 Å². The molecular weight excluding hydrogens is 327 g/mol. The minimum Gasteiger partial charge on any atom is -0.324 e. The molecule has 124 valence electrons. The maximum Gasteiger partial charge on any atom is 0.237 e. The van der Waals surface area contributed by atoms with Gasteiger partial charge in [-0.25, -0.2) is 4.39 Å². The number of nitrogens with one attached hydrogen (secondary N) is 1. The maximum atomic E-state index is 13.7. The predicted molar refractivity (Wildman–Crippen MR) is 93.8 cm³/mol. The Morgan fingerprint density at radius 2 is 1.96 bits per heavy atom. The number of para-hydroxylation sites is 2. The fourth-order valence-corrected chi connectivity index (χ4v) is 3.54. The molecule has 0 bridgehead atoms. The van der Waals surface area contributed by atoms with Gasteiger partial charge in [-0.15, -0.1) is 11.8 Å². The van der Waals surface area contributed by atoms with Crippen LogP contribution < -0.4 is 10.2 Å². The van der Waals surface area contributed by atoms with E-state index in [9.17, 15) is 14.0 Å². The molecule has 1 N–H and O–H groups in total. The van der Waals surface area contributed by atoms with Crippen LogP contribution >= 0.6 is 11.8 Å². The molecule has 1 atom stereocenters. The molecule has 0 radical (unpaired) electrons. The topological polar surface area (TPSA) is 49.4 Å². The average molecular weight is 344 g/mol. The lowest BCUT2D eigenvalue weighted by Gasteiger charge is -2.27. The van der Waals surface area contributed by atoms with Gasteiger partial charge in [0.15, 0.2) is 0 Å². The fourth-order valence-electron chi connectivity index (χ4n) is 2.74. The fraction of sp³-hybridized carbons (Fsp3) is 0.222. The Morgan fingerprint density at radius 1 is 1.25 bits per heavy atom. The quantitative estimate of drug-likeness (QED) is 0.864. The van der Waals surface area contributed by atoms with E-state index >= 15 is 0 Å². The maximum absolute atomic E-state index is 13.7. The number of halogens is 1. The zero-order valence-electron chi connectivity index (χ0n) is 13.2. The first-order chi connectivity index (χ1) is 11.6. The Balaban J connectivity index is 1.83. The van der Waals surface area contributed by atoms with Gasteiger partial charge >= 0.3 is 0 Å². The second kappa shape index (κ2) is 7.05. The molecule has 1 heterocycles. The third-order valence-electron chi connectivity index (χ3n) is 3.82. The predicted octanol–water partition coefficient (Wildman–Crippen LogP) is 3.68. The average Bonchev–Trinajstić information content (AvgIpc) is 2.68. The minimum absolute atomic E-state index is 0.105. The van der Waals surface area contributed by atoms with E-state index < -0.39 is 0 Å². The Morgan fingerprint density at radius 3 is 2.75 bits per heavy atom. The summed E-state index contributed by atoms with van der Waals surface area (Å²) in [6, 6.07) is 13.3. The number of anilines is 2. The molecule has 0 fully saturated rings. The first-order valence-electron chi connectivity index (χ1n) is 7.64. The van der Waals surface area contributed by atoms with E-state index in [0.717, 1.165) is 11.8 Å². The molecule has 4 nitrogen and oxygen atoms in total. The molecule has 0 aromatic heterocycles. The van der Waals surface area contributed by atoms with E-state index in [0.29, 0.717) is 16.3 Å².